The van der Waals surface area contributed by atoms with Crippen LogP contribution in [0.3, 0.4) is 0 Å². The fraction of sp³-hybridized carbons (Fsp3) is 0.263. The van der Waals surface area contributed by atoms with Crippen molar-refractivity contribution >= 4 is 6.08 Å². The topological polar surface area (TPSA) is 9.23 Å². The Hall–Kier alpha value is -2.23. The minimum atomic E-state index is -0.973. The highest BCUT2D eigenvalue weighted by Crippen LogP contribution is 2.30. The SMILES string of the molecule is CCOc1ccc(-c2ccc(/C=C/CCCF)cc2)c(F)c1F. The van der Waals surface area contributed by atoms with Crippen molar-refractivity contribution < 1.29 is 17.9 Å². The van der Waals surface area contributed by atoms with Gasteiger partial charge in [-0.25, -0.2) is 4.39 Å². The summed E-state index contributed by atoms with van der Waals surface area (Å²) in [4.78, 5) is 0. The normalized spacial score (nSPS) is 11.1. The maximum Gasteiger partial charge on any atom is 0.201 e. The Morgan fingerprint density at radius 3 is 2.39 bits per heavy atom. The first kappa shape index (κ1) is 17.1. The van der Waals surface area contributed by atoms with Gasteiger partial charge in [0.1, 0.15) is 0 Å². The van der Waals surface area contributed by atoms with E-state index in [1.165, 1.54) is 12.1 Å². The molecule has 2 aromatic rings. The molecule has 0 unspecified atom stereocenters. The molecule has 0 heterocycles. The van der Waals surface area contributed by atoms with Gasteiger partial charge in [-0.1, -0.05) is 36.4 Å². The Bertz CT molecular complexity index is 663. The number of halogens is 3. The van der Waals surface area contributed by atoms with Crippen LogP contribution < -0.4 is 4.74 Å². The van der Waals surface area contributed by atoms with Gasteiger partial charge in [0.05, 0.1) is 13.3 Å². The molecule has 4 heteroatoms. The van der Waals surface area contributed by atoms with Crippen LogP contribution in [0, 0.1) is 11.6 Å². The van der Waals surface area contributed by atoms with E-state index in [1.54, 1.807) is 19.1 Å². The number of alkyl halides is 1. The van der Waals surface area contributed by atoms with Crippen molar-refractivity contribution in [3.8, 4) is 16.9 Å². The second-order valence-corrected chi connectivity index (χ2v) is 5.03. The first-order valence-corrected chi connectivity index (χ1v) is 7.61. The van der Waals surface area contributed by atoms with Crippen molar-refractivity contribution in [2.75, 3.05) is 13.3 Å². The van der Waals surface area contributed by atoms with E-state index >= 15 is 0 Å². The molecule has 0 spiro atoms. The maximum absolute atomic E-state index is 14.2. The Morgan fingerprint density at radius 2 is 1.74 bits per heavy atom. The fourth-order valence-corrected chi connectivity index (χ4v) is 2.21. The lowest BCUT2D eigenvalue weighted by molar-refractivity contribution is 0.314. The average molecular weight is 320 g/mol. The molecule has 0 radical (unpaired) electrons. The highest BCUT2D eigenvalue weighted by Gasteiger charge is 2.15. The molecule has 0 amide bonds. The third-order valence-electron chi connectivity index (χ3n) is 3.38. The molecular formula is C19H19F3O. The van der Waals surface area contributed by atoms with Crippen LogP contribution in [0.1, 0.15) is 25.3 Å². The molecule has 0 saturated heterocycles. The predicted molar refractivity (Wildman–Crippen MR) is 87.2 cm³/mol. The first-order chi connectivity index (χ1) is 11.2. The van der Waals surface area contributed by atoms with E-state index in [0.29, 0.717) is 18.4 Å². The molecule has 0 fully saturated rings. The Labute approximate surface area is 134 Å². The van der Waals surface area contributed by atoms with Crippen LogP contribution in [0.25, 0.3) is 17.2 Å². The molecule has 2 rings (SSSR count). The van der Waals surface area contributed by atoms with Crippen LogP contribution in [0.5, 0.6) is 5.75 Å². The lowest BCUT2D eigenvalue weighted by Crippen LogP contribution is -1.98. The van der Waals surface area contributed by atoms with Crippen molar-refractivity contribution in [3.63, 3.8) is 0 Å². The van der Waals surface area contributed by atoms with E-state index in [-0.39, 0.29) is 24.6 Å². The largest absolute Gasteiger partial charge is 0.491 e. The smallest absolute Gasteiger partial charge is 0.201 e. The summed E-state index contributed by atoms with van der Waals surface area (Å²) in [6.45, 7) is 1.66. The average Bonchev–Trinajstić information content (AvgIpc) is 2.57. The standard InChI is InChI=1S/C19H19F3O/c1-2-23-17-12-11-16(18(21)19(17)22)15-9-7-14(8-10-15)6-4-3-5-13-20/h4,6-12H,2-3,5,13H2,1H3/b6-4+. The quantitative estimate of drug-likeness (QED) is 0.586. The summed E-state index contributed by atoms with van der Waals surface area (Å²) in [5, 5.41) is 0. The van der Waals surface area contributed by atoms with Crippen LogP contribution in [0.4, 0.5) is 13.2 Å². The Balaban J connectivity index is 2.19. The lowest BCUT2D eigenvalue weighted by Gasteiger charge is -2.09. The van der Waals surface area contributed by atoms with Gasteiger partial charge in [0, 0.05) is 5.56 Å². The number of ether oxygens (including phenoxy) is 1. The van der Waals surface area contributed by atoms with Crippen molar-refractivity contribution in [2.24, 2.45) is 0 Å². The summed E-state index contributed by atoms with van der Waals surface area (Å²) in [5.41, 5.74) is 1.71. The van der Waals surface area contributed by atoms with Crippen LogP contribution in [-0.4, -0.2) is 13.3 Å². The van der Waals surface area contributed by atoms with Gasteiger partial charge in [-0.15, -0.1) is 0 Å². The van der Waals surface area contributed by atoms with Crippen molar-refractivity contribution in [2.45, 2.75) is 19.8 Å². The molecular weight excluding hydrogens is 301 g/mol. The molecule has 0 aliphatic rings. The molecule has 0 atom stereocenters. The zero-order valence-corrected chi connectivity index (χ0v) is 13.0. The van der Waals surface area contributed by atoms with Gasteiger partial charge in [0.25, 0.3) is 0 Å². The number of rotatable bonds is 7. The van der Waals surface area contributed by atoms with E-state index in [1.807, 2.05) is 24.3 Å². The minimum absolute atomic E-state index is 0.0823. The van der Waals surface area contributed by atoms with Gasteiger partial charge in [0.2, 0.25) is 5.82 Å². The predicted octanol–water partition coefficient (Wildman–Crippen LogP) is 5.79. The van der Waals surface area contributed by atoms with Crippen molar-refractivity contribution in [1.82, 2.24) is 0 Å². The van der Waals surface area contributed by atoms with E-state index in [9.17, 15) is 13.2 Å². The summed E-state index contributed by atoms with van der Waals surface area (Å²) >= 11 is 0. The molecule has 0 bridgehead atoms. The monoisotopic (exact) mass is 320 g/mol. The Morgan fingerprint density at radius 1 is 1.00 bits per heavy atom. The summed E-state index contributed by atoms with van der Waals surface area (Å²) in [6.07, 6.45) is 4.96. The van der Waals surface area contributed by atoms with E-state index in [2.05, 4.69) is 0 Å². The van der Waals surface area contributed by atoms with Gasteiger partial charge in [-0.05, 0) is 43.0 Å². The molecule has 0 aromatic heterocycles. The zero-order valence-electron chi connectivity index (χ0n) is 13.0. The van der Waals surface area contributed by atoms with Gasteiger partial charge in [-0.3, -0.25) is 4.39 Å². The molecule has 2 aromatic carbocycles. The highest BCUT2D eigenvalue weighted by atomic mass is 19.2. The molecule has 0 N–H and O–H groups in total. The number of unbranched alkanes of at least 4 members (excludes halogenated alkanes) is 1. The van der Waals surface area contributed by atoms with Crippen LogP contribution >= 0.6 is 0 Å². The fourth-order valence-electron chi connectivity index (χ4n) is 2.21. The van der Waals surface area contributed by atoms with E-state index < -0.39 is 11.6 Å². The number of benzene rings is 2. The van der Waals surface area contributed by atoms with Crippen LogP contribution in [0.2, 0.25) is 0 Å². The molecule has 0 aliphatic heterocycles. The van der Waals surface area contributed by atoms with E-state index in [4.69, 9.17) is 4.74 Å². The first-order valence-electron chi connectivity index (χ1n) is 7.61. The van der Waals surface area contributed by atoms with Crippen LogP contribution in [-0.2, 0) is 0 Å². The maximum atomic E-state index is 14.2. The number of hydrogen-bond acceptors (Lipinski definition) is 1. The summed E-state index contributed by atoms with van der Waals surface area (Å²) in [5.74, 6) is -1.97. The van der Waals surface area contributed by atoms with E-state index in [0.717, 1.165) is 5.56 Å². The van der Waals surface area contributed by atoms with Gasteiger partial charge in [0.15, 0.2) is 11.6 Å². The van der Waals surface area contributed by atoms with Gasteiger partial charge >= 0.3 is 0 Å². The second-order valence-electron chi connectivity index (χ2n) is 5.03. The van der Waals surface area contributed by atoms with Crippen molar-refractivity contribution in [3.05, 3.63) is 59.7 Å². The summed E-state index contributed by atoms with van der Waals surface area (Å²) in [7, 11) is 0. The molecule has 122 valence electrons. The van der Waals surface area contributed by atoms with Crippen LogP contribution in [0.15, 0.2) is 42.5 Å². The second kappa shape index (κ2) is 8.42. The number of hydrogen-bond donors (Lipinski definition) is 0. The lowest BCUT2D eigenvalue weighted by atomic mass is 10.0. The molecule has 23 heavy (non-hydrogen) atoms. The van der Waals surface area contributed by atoms with Crippen molar-refractivity contribution in [1.29, 1.82) is 0 Å². The molecule has 0 saturated carbocycles. The van der Waals surface area contributed by atoms with Gasteiger partial charge in [-0.2, -0.15) is 4.39 Å². The third kappa shape index (κ3) is 4.38. The highest BCUT2D eigenvalue weighted by molar-refractivity contribution is 5.67. The minimum Gasteiger partial charge on any atom is -0.491 e. The number of allylic oxidation sites excluding steroid dienone is 1. The Kier molecular flexibility index (Phi) is 6.27. The zero-order chi connectivity index (χ0) is 16.7. The van der Waals surface area contributed by atoms with Gasteiger partial charge < -0.3 is 4.74 Å². The summed E-state index contributed by atoms with van der Waals surface area (Å²) in [6, 6.07) is 10.0. The molecule has 1 nitrogen and oxygen atoms in total. The molecule has 0 aliphatic carbocycles. The summed E-state index contributed by atoms with van der Waals surface area (Å²) < 4.78 is 45.1. The third-order valence-corrected chi connectivity index (χ3v) is 3.38.